The van der Waals surface area contributed by atoms with E-state index in [1.54, 1.807) is 0 Å². The van der Waals surface area contributed by atoms with Gasteiger partial charge < -0.3 is 14.6 Å². The summed E-state index contributed by atoms with van der Waals surface area (Å²) in [6, 6.07) is 17.3. The van der Waals surface area contributed by atoms with Gasteiger partial charge in [-0.3, -0.25) is 14.8 Å². The van der Waals surface area contributed by atoms with Crippen molar-refractivity contribution in [1.82, 2.24) is 14.8 Å². The monoisotopic (exact) mass is 433 g/mol. The van der Waals surface area contributed by atoms with Crippen molar-refractivity contribution in [3.05, 3.63) is 60.4 Å². The predicted octanol–water partition coefficient (Wildman–Crippen LogP) is 2.97. The van der Waals surface area contributed by atoms with Crippen molar-refractivity contribution in [2.45, 2.75) is 19.1 Å². The van der Waals surface area contributed by atoms with Crippen LogP contribution in [0, 0.1) is 6.92 Å². The van der Waals surface area contributed by atoms with E-state index in [1.807, 2.05) is 31.3 Å². The molecule has 1 aromatic heterocycles. The van der Waals surface area contributed by atoms with Crippen molar-refractivity contribution in [2.24, 2.45) is 0 Å². The van der Waals surface area contributed by atoms with Crippen LogP contribution in [0.2, 0.25) is 0 Å². The van der Waals surface area contributed by atoms with Crippen LogP contribution in [0.5, 0.6) is 5.75 Å². The van der Waals surface area contributed by atoms with Gasteiger partial charge >= 0.3 is 0 Å². The standard InChI is InChI=1S/C26H31N3O3/c1-19-12-23(6-7-27-19)20-2-3-22-14-26(5-4-21(22)13-20)32-18-25(30)15-28-8-10-29(11-9-28)24-16-31-17-24/h2-7,12-14,24-25,30H,8-11,15-18H2,1H3. The third-order valence-corrected chi connectivity index (χ3v) is 6.50. The lowest BCUT2D eigenvalue weighted by Gasteiger charge is -2.42. The first-order valence-electron chi connectivity index (χ1n) is 11.5. The van der Waals surface area contributed by atoms with E-state index in [0.29, 0.717) is 19.2 Å². The summed E-state index contributed by atoms with van der Waals surface area (Å²) in [6.07, 6.45) is 1.35. The molecule has 1 N–H and O–H groups in total. The summed E-state index contributed by atoms with van der Waals surface area (Å²) >= 11 is 0. The average molecular weight is 434 g/mol. The summed E-state index contributed by atoms with van der Waals surface area (Å²) in [7, 11) is 0. The minimum absolute atomic E-state index is 0.302. The van der Waals surface area contributed by atoms with Crippen LogP contribution in [0.3, 0.4) is 0 Å². The number of hydrogen-bond acceptors (Lipinski definition) is 6. The summed E-state index contributed by atoms with van der Waals surface area (Å²) in [4.78, 5) is 9.11. The summed E-state index contributed by atoms with van der Waals surface area (Å²) in [6.45, 7) is 8.77. The lowest BCUT2D eigenvalue weighted by Crippen LogP contribution is -2.57. The fraction of sp³-hybridized carbons (Fsp3) is 0.423. The molecule has 2 aliphatic rings. The van der Waals surface area contributed by atoms with E-state index >= 15 is 0 Å². The lowest BCUT2D eigenvalue weighted by atomic mass is 10.0. The number of benzene rings is 2. The average Bonchev–Trinajstić information content (AvgIpc) is 2.77. The van der Waals surface area contributed by atoms with Gasteiger partial charge in [0.05, 0.1) is 19.3 Å². The first-order chi connectivity index (χ1) is 15.6. The maximum Gasteiger partial charge on any atom is 0.120 e. The summed E-state index contributed by atoms with van der Waals surface area (Å²) in [5, 5.41) is 12.8. The van der Waals surface area contributed by atoms with Gasteiger partial charge in [0.1, 0.15) is 18.5 Å². The number of aryl methyl sites for hydroxylation is 1. The zero-order valence-electron chi connectivity index (χ0n) is 18.6. The number of pyridine rings is 1. The summed E-state index contributed by atoms with van der Waals surface area (Å²) in [5.74, 6) is 0.791. The molecule has 0 saturated carbocycles. The number of aromatic nitrogens is 1. The third kappa shape index (κ3) is 4.94. The van der Waals surface area contributed by atoms with Crippen molar-refractivity contribution < 1.29 is 14.6 Å². The molecule has 5 rings (SSSR count). The van der Waals surface area contributed by atoms with Gasteiger partial charge in [-0.2, -0.15) is 0 Å². The molecule has 3 heterocycles. The fourth-order valence-corrected chi connectivity index (χ4v) is 4.51. The number of rotatable bonds is 7. The van der Waals surface area contributed by atoms with Crippen molar-refractivity contribution in [1.29, 1.82) is 0 Å². The number of piperazine rings is 1. The maximum atomic E-state index is 10.5. The van der Waals surface area contributed by atoms with Crippen molar-refractivity contribution in [3.8, 4) is 16.9 Å². The Balaban J connectivity index is 1.14. The molecule has 1 atom stereocenters. The van der Waals surface area contributed by atoms with Gasteiger partial charge in [0.25, 0.3) is 0 Å². The highest BCUT2D eigenvalue weighted by molar-refractivity contribution is 5.88. The fourth-order valence-electron chi connectivity index (χ4n) is 4.51. The van der Waals surface area contributed by atoms with E-state index in [-0.39, 0.29) is 0 Å². The molecular weight excluding hydrogens is 402 g/mol. The molecule has 2 saturated heterocycles. The smallest absolute Gasteiger partial charge is 0.120 e. The van der Waals surface area contributed by atoms with Crippen LogP contribution >= 0.6 is 0 Å². The third-order valence-electron chi connectivity index (χ3n) is 6.50. The Hall–Kier alpha value is -2.51. The molecule has 168 valence electrons. The molecule has 6 nitrogen and oxygen atoms in total. The van der Waals surface area contributed by atoms with Crippen LogP contribution < -0.4 is 4.74 Å². The Morgan fingerprint density at radius 3 is 2.50 bits per heavy atom. The van der Waals surface area contributed by atoms with Crippen molar-refractivity contribution in [2.75, 3.05) is 52.5 Å². The predicted molar refractivity (Wildman–Crippen MR) is 126 cm³/mol. The second kappa shape index (κ2) is 9.55. The van der Waals surface area contributed by atoms with Gasteiger partial charge in [0, 0.05) is 44.6 Å². The number of nitrogens with zero attached hydrogens (tertiary/aromatic N) is 3. The zero-order valence-corrected chi connectivity index (χ0v) is 18.6. The van der Waals surface area contributed by atoms with Crippen LogP contribution in [0.4, 0.5) is 0 Å². The van der Waals surface area contributed by atoms with Crippen LogP contribution in [0.15, 0.2) is 54.7 Å². The normalized spacial score (nSPS) is 19.1. The second-order valence-corrected chi connectivity index (χ2v) is 8.90. The Bertz CT molecular complexity index is 1060. The lowest BCUT2D eigenvalue weighted by molar-refractivity contribution is -0.0793. The number of fused-ring (bicyclic) bond motifs is 1. The molecule has 0 amide bonds. The van der Waals surface area contributed by atoms with E-state index in [0.717, 1.165) is 56.2 Å². The number of β-amino-alcohol motifs (C(OH)–C–C–N with tert-alkyl or cyclic N) is 1. The zero-order chi connectivity index (χ0) is 21.9. The van der Waals surface area contributed by atoms with Crippen LogP contribution in [-0.4, -0.2) is 84.6 Å². The molecule has 0 spiro atoms. The number of ether oxygens (including phenoxy) is 2. The Morgan fingerprint density at radius 1 is 1.00 bits per heavy atom. The van der Waals surface area contributed by atoms with Crippen LogP contribution in [0.1, 0.15) is 5.69 Å². The van der Waals surface area contributed by atoms with Gasteiger partial charge in [0.2, 0.25) is 0 Å². The molecular formula is C26H31N3O3. The molecule has 0 bridgehead atoms. The number of hydrogen-bond donors (Lipinski definition) is 1. The minimum Gasteiger partial charge on any atom is -0.491 e. The van der Waals surface area contributed by atoms with E-state index in [1.165, 1.54) is 16.5 Å². The molecule has 32 heavy (non-hydrogen) atoms. The highest BCUT2D eigenvalue weighted by Gasteiger charge is 2.29. The maximum absolute atomic E-state index is 10.5. The molecule has 0 radical (unpaired) electrons. The first-order valence-corrected chi connectivity index (χ1v) is 11.5. The highest BCUT2D eigenvalue weighted by Crippen LogP contribution is 2.27. The molecule has 3 aromatic rings. The molecule has 2 aliphatic heterocycles. The summed E-state index contributed by atoms with van der Waals surface area (Å²) in [5.41, 5.74) is 3.36. The molecule has 6 heteroatoms. The SMILES string of the molecule is Cc1cc(-c2ccc3cc(OCC(O)CN4CCN(C5COC5)CC4)ccc3c2)ccn1. The molecule has 2 fully saturated rings. The van der Waals surface area contributed by atoms with Gasteiger partial charge in [-0.05, 0) is 59.2 Å². The first kappa shape index (κ1) is 21.3. The second-order valence-electron chi connectivity index (χ2n) is 8.90. The van der Waals surface area contributed by atoms with E-state index in [4.69, 9.17) is 9.47 Å². The van der Waals surface area contributed by atoms with E-state index in [9.17, 15) is 5.11 Å². The van der Waals surface area contributed by atoms with E-state index in [2.05, 4.69) is 45.1 Å². The quantitative estimate of drug-likeness (QED) is 0.618. The van der Waals surface area contributed by atoms with Crippen molar-refractivity contribution >= 4 is 10.8 Å². The van der Waals surface area contributed by atoms with Crippen LogP contribution in [-0.2, 0) is 4.74 Å². The Labute approximate surface area is 189 Å². The topological polar surface area (TPSA) is 58.1 Å². The van der Waals surface area contributed by atoms with Crippen LogP contribution in [0.25, 0.3) is 21.9 Å². The number of aliphatic hydroxyl groups excluding tert-OH is 1. The molecule has 2 aromatic carbocycles. The van der Waals surface area contributed by atoms with Gasteiger partial charge in [-0.25, -0.2) is 0 Å². The summed E-state index contributed by atoms with van der Waals surface area (Å²) < 4.78 is 11.2. The van der Waals surface area contributed by atoms with E-state index < -0.39 is 6.10 Å². The largest absolute Gasteiger partial charge is 0.491 e. The van der Waals surface area contributed by atoms with Gasteiger partial charge in [-0.1, -0.05) is 18.2 Å². The highest BCUT2D eigenvalue weighted by atomic mass is 16.5. The number of aliphatic hydroxyl groups is 1. The Kier molecular flexibility index (Phi) is 6.37. The Morgan fingerprint density at radius 2 is 1.75 bits per heavy atom. The van der Waals surface area contributed by atoms with Gasteiger partial charge in [0.15, 0.2) is 0 Å². The molecule has 1 unspecified atom stereocenters. The molecule has 0 aliphatic carbocycles. The minimum atomic E-state index is -0.499. The van der Waals surface area contributed by atoms with Gasteiger partial charge in [-0.15, -0.1) is 0 Å². The van der Waals surface area contributed by atoms with Crippen molar-refractivity contribution in [3.63, 3.8) is 0 Å².